The Labute approximate surface area is 167 Å². The molecule has 0 aromatic heterocycles. The minimum atomic E-state index is -3.51. The number of hydrogen-bond acceptors (Lipinski definition) is 3. The van der Waals surface area contributed by atoms with Crippen LogP contribution in [-0.4, -0.2) is 31.8 Å². The lowest BCUT2D eigenvalue weighted by atomic mass is 10.0. The molecule has 1 amide bonds. The highest BCUT2D eigenvalue weighted by Crippen LogP contribution is 2.30. The van der Waals surface area contributed by atoms with Gasteiger partial charge < -0.3 is 4.90 Å². The summed E-state index contributed by atoms with van der Waals surface area (Å²) in [5, 5.41) is 0. The van der Waals surface area contributed by atoms with Gasteiger partial charge in [0.05, 0.1) is 4.90 Å². The zero-order valence-electron chi connectivity index (χ0n) is 16.7. The second kappa shape index (κ2) is 8.45. The van der Waals surface area contributed by atoms with Crippen molar-refractivity contribution in [2.24, 2.45) is 0 Å². The van der Waals surface area contributed by atoms with Gasteiger partial charge in [-0.2, -0.15) is 0 Å². The lowest BCUT2D eigenvalue weighted by molar-refractivity contribution is 0.0730. The molecular formula is C22H28N2O3S. The van der Waals surface area contributed by atoms with Crippen molar-refractivity contribution in [3.63, 3.8) is 0 Å². The molecule has 0 aliphatic heterocycles. The fourth-order valence-electron chi connectivity index (χ4n) is 3.17. The van der Waals surface area contributed by atoms with Crippen LogP contribution in [0.15, 0.2) is 53.4 Å². The van der Waals surface area contributed by atoms with Crippen LogP contribution >= 0.6 is 0 Å². The molecule has 5 nitrogen and oxygen atoms in total. The fraction of sp³-hybridized carbons (Fsp3) is 0.409. The quantitative estimate of drug-likeness (QED) is 0.730. The number of benzene rings is 2. The Kier molecular flexibility index (Phi) is 6.20. The summed E-state index contributed by atoms with van der Waals surface area (Å²) in [7, 11) is -3.51. The first-order chi connectivity index (χ1) is 13.3. The van der Waals surface area contributed by atoms with E-state index in [1.165, 1.54) is 17.7 Å². The lowest BCUT2D eigenvalue weighted by Gasteiger charge is -2.23. The van der Waals surface area contributed by atoms with Crippen LogP contribution in [0.5, 0.6) is 0 Å². The van der Waals surface area contributed by atoms with Crippen LogP contribution in [0.2, 0.25) is 0 Å². The van der Waals surface area contributed by atoms with E-state index in [2.05, 4.69) is 42.8 Å². The monoisotopic (exact) mass is 400 g/mol. The second-order valence-electron chi connectivity index (χ2n) is 7.59. The maximum absolute atomic E-state index is 13.1. The number of carbonyl (C=O) groups is 1. The van der Waals surface area contributed by atoms with E-state index in [1.807, 2.05) is 4.90 Å². The Balaban J connectivity index is 1.76. The summed E-state index contributed by atoms with van der Waals surface area (Å²) < 4.78 is 26.6. The van der Waals surface area contributed by atoms with Crippen LogP contribution < -0.4 is 4.72 Å². The van der Waals surface area contributed by atoms with Crippen molar-refractivity contribution in [2.75, 3.05) is 6.54 Å². The number of sulfonamides is 1. The van der Waals surface area contributed by atoms with Crippen LogP contribution in [0.3, 0.4) is 0 Å². The third kappa shape index (κ3) is 4.80. The standard InChI is InChI=1S/C22H28N2O3S/c1-4-23-28(26,27)21-13-9-19(10-14-21)22(25)24(20-11-12-20)15-17-5-7-18(8-6-17)16(2)3/h5-10,13-14,16,20,23H,4,11-12,15H2,1-3H3. The average Bonchev–Trinajstić information content (AvgIpc) is 3.51. The van der Waals surface area contributed by atoms with Crippen LogP contribution in [0.25, 0.3) is 0 Å². The predicted octanol–water partition coefficient (Wildman–Crippen LogP) is 3.91. The first-order valence-corrected chi connectivity index (χ1v) is 11.3. The molecular weight excluding hydrogens is 372 g/mol. The molecule has 2 aromatic carbocycles. The predicted molar refractivity (Wildman–Crippen MR) is 111 cm³/mol. The summed E-state index contributed by atoms with van der Waals surface area (Å²) in [4.78, 5) is 15.1. The number of carbonyl (C=O) groups excluding carboxylic acids is 1. The van der Waals surface area contributed by atoms with E-state index in [9.17, 15) is 13.2 Å². The van der Waals surface area contributed by atoms with Crippen molar-refractivity contribution in [3.8, 4) is 0 Å². The zero-order valence-corrected chi connectivity index (χ0v) is 17.5. The first kappa shape index (κ1) is 20.6. The van der Waals surface area contributed by atoms with Gasteiger partial charge in [-0.05, 0) is 54.2 Å². The highest BCUT2D eigenvalue weighted by Gasteiger charge is 2.33. The molecule has 150 valence electrons. The molecule has 2 aromatic rings. The number of nitrogens with one attached hydrogen (secondary N) is 1. The molecule has 1 aliphatic rings. The maximum atomic E-state index is 13.1. The van der Waals surface area contributed by atoms with Gasteiger partial charge in [-0.15, -0.1) is 0 Å². The van der Waals surface area contributed by atoms with Gasteiger partial charge in [-0.25, -0.2) is 13.1 Å². The van der Waals surface area contributed by atoms with Crippen molar-refractivity contribution in [1.29, 1.82) is 0 Å². The van der Waals surface area contributed by atoms with Crippen molar-refractivity contribution in [2.45, 2.75) is 57.0 Å². The van der Waals surface area contributed by atoms with E-state index in [4.69, 9.17) is 0 Å². The number of amides is 1. The molecule has 28 heavy (non-hydrogen) atoms. The third-order valence-corrected chi connectivity index (χ3v) is 6.56. The first-order valence-electron chi connectivity index (χ1n) is 9.81. The highest BCUT2D eigenvalue weighted by molar-refractivity contribution is 7.89. The van der Waals surface area contributed by atoms with Gasteiger partial charge in [-0.1, -0.05) is 45.0 Å². The summed E-state index contributed by atoms with van der Waals surface area (Å²) in [6.45, 7) is 6.95. The molecule has 3 rings (SSSR count). The molecule has 0 spiro atoms. The molecule has 0 radical (unpaired) electrons. The SMILES string of the molecule is CCNS(=O)(=O)c1ccc(C(=O)N(Cc2ccc(C(C)C)cc2)C2CC2)cc1. The highest BCUT2D eigenvalue weighted by atomic mass is 32.2. The molecule has 1 N–H and O–H groups in total. The molecule has 6 heteroatoms. The van der Waals surface area contributed by atoms with Crippen LogP contribution in [0.4, 0.5) is 0 Å². The topological polar surface area (TPSA) is 66.5 Å². The Bertz CT molecular complexity index is 915. The smallest absolute Gasteiger partial charge is 0.254 e. The molecule has 1 fully saturated rings. The van der Waals surface area contributed by atoms with Gasteiger partial charge in [0.1, 0.15) is 0 Å². The normalized spacial score (nSPS) is 14.3. The van der Waals surface area contributed by atoms with E-state index in [1.54, 1.807) is 19.1 Å². The minimum Gasteiger partial charge on any atom is -0.331 e. The van der Waals surface area contributed by atoms with Crippen molar-refractivity contribution in [3.05, 3.63) is 65.2 Å². The molecule has 0 unspecified atom stereocenters. The molecule has 0 atom stereocenters. The van der Waals surface area contributed by atoms with Gasteiger partial charge in [0.25, 0.3) is 5.91 Å². The molecule has 0 saturated heterocycles. The summed E-state index contributed by atoms with van der Waals surface area (Å²) >= 11 is 0. The maximum Gasteiger partial charge on any atom is 0.254 e. The minimum absolute atomic E-state index is 0.0529. The average molecular weight is 401 g/mol. The fourth-order valence-corrected chi connectivity index (χ4v) is 4.21. The Morgan fingerprint density at radius 3 is 2.18 bits per heavy atom. The van der Waals surface area contributed by atoms with Crippen LogP contribution in [-0.2, 0) is 16.6 Å². The second-order valence-corrected chi connectivity index (χ2v) is 9.35. The van der Waals surface area contributed by atoms with Gasteiger partial charge in [-0.3, -0.25) is 4.79 Å². The van der Waals surface area contributed by atoms with E-state index in [-0.39, 0.29) is 16.8 Å². The summed E-state index contributed by atoms with van der Waals surface area (Å²) in [6.07, 6.45) is 2.03. The zero-order chi connectivity index (χ0) is 20.3. The Morgan fingerprint density at radius 1 is 1.07 bits per heavy atom. The van der Waals surface area contributed by atoms with Gasteiger partial charge in [0.2, 0.25) is 10.0 Å². The number of nitrogens with zero attached hydrogens (tertiary/aromatic N) is 1. The lowest BCUT2D eigenvalue weighted by Crippen LogP contribution is -2.32. The summed E-state index contributed by atoms with van der Waals surface area (Å²) in [5.41, 5.74) is 2.91. The molecule has 1 saturated carbocycles. The van der Waals surface area contributed by atoms with E-state index < -0.39 is 10.0 Å². The number of rotatable bonds is 8. The van der Waals surface area contributed by atoms with E-state index >= 15 is 0 Å². The van der Waals surface area contributed by atoms with Crippen molar-refractivity contribution >= 4 is 15.9 Å². The van der Waals surface area contributed by atoms with Gasteiger partial charge in [0, 0.05) is 24.7 Å². The van der Waals surface area contributed by atoms with Crippen molar-refractivity contribution in [1.82, 2.24) is 9.62 Å². The van der Waals surface area contributed by atoms with Gasteiger partial charge >= 0.3 is 0 Å². The van der Waals surface area contributed by atoms with Gasteiger partial charge in [0.15, 0.2) is 0 Å². The van der Waals surface area contributed by atoms with E-state index in [0.717, 1.165) is 18.4 Å². The van der Waals surface area contributed by atoms with E-state index in [0.29, 0.717) is 24.6 Å². The molecule has 0 bridgehead atoms. The third-order valence-electron chi connectivity index (χ3n) is 4.99. The number of hydrogen-bond donors (Lipinski definition) is 1. The summed E-state index contributed by atoms with van der Waals surface area (Å²) in [6, 6.07) is 14.9. The molecule has 1 aliphatic carbocycles. The Morgan fingerprint density at radius 2 is 1.68 bits per heavy atom. The van der Waals surface area contributed by atoms with Crippen molar-refractivity contribution < 1.29 is 13.2 Å². The largest absolute Gasteiger partial charge is 0.331 e. The summed E-state index contributed by atoms with van der Waals surface area (Å²) in [5.74, 6) is 0.426. The van der Waals surface area contributed by atoms with Crippen LogP contribution in [0.1, 0.15) is 61.0 Å². The van der Waals surface area contributed by atoms with Crippen LogP contribution in [0, 0.1) is 0 Å². The molecule has 0 heterocycles. The Hall–Kier alpha value is -2.18.